The van der Waals surface area contributed by atoms with E-state index in [-0.39, 0.29) is 0 Å². The molecule has 0 fully saturated rings. The van der Waals surface area contributed by atoms with Gasteiger partial charge in [0.1, 0.15) is 0 Å². The Balaban J connectivity index is 1.41. The molecule has 0 aliphatic heterocycles. The van der Waals surface area contributed by atoms with E-state index in [0.29, 0.717) is 5.92 Å². The fourth-order valence-electron chi connectivity index (χ4n) is 7.29. The molecule has 0 unspecified atom stereocenters. The average Bonchev–Trinajstić information content (AvgIpc) is 3.16. The van der Waals surface area contributed by atoms with E-state index in [9.17, 15) is 0 Å². The molecule has 7 aromatic rings. The van der Waals surface area contributed by atoms with Gasteiger partial charge in [-0.05, 0) is 131 Å². The molecular weight excluding hydrogens is 645 g/mol. The Morgan fingerprint density at radius 1 is 0.462 bits per heavy atom. The van der Waals surface area contributed by atoms with Crippen molar-refractivity contribution in [2.24, 2.45) is 0 Å². The highest BCUT2D eigenvalue weighted by atomic mass is 28.3. The molecule has 0 aliphatic carbocycles. The van der Waals surface area contributed by atoms with Crippen molar-refractivity contribution in [3.05, 3.63) is 174 Å². The lowest BCUT2D eigenvalue weighted by Crippen LogP contribution is -2.22. The summed E-state index contributed by atoms with van der Waals surface area (Å²) in [5.41, 5.74) is 12.8. The maximum absolute atomic E-state index is 4.35. The van der Waals surface area contributed by atoms with Gasteiger partial charge in [0, 0.05) is 34.1 Å². The average molecular weight is 693 g/mol. The zero-order valence-electron chi connectivity index (χ0n) is 31.3. The first-order valence-electron chi connectivity index (χ1n) is 18.4. The minimum absolute atomic E-state index is 0.472. The third kappa shape index (κ3) is 6.61. The van der Waals surface area contributed by atoms with Gasteiger partial charge in [0.2, 0.25) is 0 Å². The molecule has 0 N–H and O–H groups in total. The Morgan fingerprint density at radius 3 is 1.15 bits per heavy atom. The number of hydrogen-bond acceptors (Lipinski definition) is 2. The fourth-order valence-corrected chi connectivity index (χ4v) is 8.25. The summed E-state index contributed by atoms with van der Waals surface area (Å²) < 4.78 is 0. The van der Waals surface area contributed by atoms with Gasteiger partial charge in [0.05, 0.1) is 8.80 Å². The van der Waals surface area contributed by atoms with Gasteiger partial charge >= 0.3 is 0 Å². The summed E-state index contributed by atoms with van der Waals surface area (Å²) in [7, 11) is -0.910. The predicted octanol–water partition coefficient (Wildman–Crippen LogP) is 13.7. The van der Waals surface area contributed by atoms with Gasteiger partial charge < -0.3 is 9.80 Å². The first kappa shape index (κ1) is 34.8. The molecule has 3 heteroatoms. The molecular formula is C49H48N2Si. The fraction of sp³-hybridized carbons (Fsp3) is 0.143. The molecule has 258 valence electrons. The highest BCUT2D eigenvalue weighted by Gasteiger charge is 2.19. The smallest absolute Gasteiger partial charge is 0.0647 e. The van der Waals surface area contributed by atoms with Crippen LogP contribution in [0.5, 0.6) is 0 Å². The van der Waals surface area contributed by atoms with Crippen LogP contribution in [0.4, 0.5) is 34.1 Å². The Kier molecular flexibility index (Phi) is 9.72. The minimum atomic E-state index is -0.910. The van der Waals surface area contributed by atoms with E-state index in [1.54, 1.807) is 0 Å². The van der Waals surface area contributed by atoms with Crippen molar-refractivity contribution in [2.45, 2.75) is 46.7 Å². The van der Waals surface area contributed by atoms with Crippen LogP contribution in [-0.2, 0) is 0 Å². The number of nitrogens with zero attached hydrogens (tertiary/aromatic N) is 2. The van der Waals surface area contributed by atoms with Crippen LogP contribution >= 0.6 is 0 Å². The van der Waals surface area contributed by atoms with Gasteiger partial charge in [-0.3, -0.25) is 0 Å². The second-order valence-electron chi connectivity index (χ2n) is 14.5. The number of benzene rings is 7. The lowest BCUT2D eigenvalue weighted by Gasteiger charge is -2.28. The standard InChI is InChI=1S/C49H48N2Si/c1-9-44-47-30-26-42(51(38-19-13-35(6)14-20-38)40-23-27-43(28-24-40)52(7)8)32-49(47)45(10-2)46-29-25-41(31-48(44)46)50(37-17-11-34(5)12-18-37)39-21-15-36(16-22-39)33(3)4/h9-33,52H,1-2H2,3-8H3. The highest BCUT2D eigenvalue weighted by Crippen LogP contribution is 2.43. The second kappa shape index (κ2) is 14.5. The quantitative estimate of drug-likeness (QED) is 0.104. The summed E-state index contributed by atoms with van der Waals surface area (Å²) in [6, 6.07) is 49.4. The van der Waals surface area contributed by atoms with Gasteiger partial charge in [-0.2, -0.15) is 0 Å². The van der Waals surface area contributed by atoms with E-state index in [4.69, 9.17) is 0 Å². The molecule has 0 spiro atoms. The second-order valence-corrected chi connectivity index (χ2v) is 17.5. The third-order valence-corrected chi connectivity index (χ3v) is 12.0. The van der Waals surface area contributed by atoms with Crippen molar-refractivity contribution < 1.29 is 0 Å². The van der Waals surface area contributed by atoms with Crippen molar-refractivity contribution in [3.63, 3.8) is 0 Å². The lowest BCUT2D eigenvalue weighted by atomic mass is 9.90. The third-order valence-electron chi connectivity index (χ3n) is 10.3. The minimum Gasteiger partial charge on any atom is -0.310 e. The molecule has 0 saturated carbocycles. The van der Waals surface area contributed by atoms with Crippen LogP contribution in [0.2, 0.25) is 13.1 Å². The first-order valence-corrected chi connectivity index (χ1v) is 21.3. The summed E-state index contributed by atoms with van der Waals surface area (Å²) in [5.74, 6) is 0.472. The van der Waals surface area contributed by atoms with Crippen molar-refractivity contribution in [1.82, 2.24) is 0 Å². The van der Waals surface area contributed by atoms with Gasteiger partial charge in [0.25, 0.3) is 0 Å². The molecule has 7 rings (SSSR count). The maximum atomic E-state index is 4.35. The van der Waals surface area contributed by atoms with Crippen molar-refractivity contribution in [1.29, 1.82) is 0 Å². The molecule has 0 bridgehead atoms. The normalized spacial score (nSPS) is 11.4. The Morgan fingerprint density at radius 2 is 0.808 bits per heavy atom. The summed E-state index contributed by atoms with van der Waals surface area (Å²) in [6.07, 6.45) is 4.03. The number of anilines is 6. The van der Waals surface area contributed by atoms with Gasteiger partial charge in [-0.25, -0.2) is 0 Å². The molecule has 0 saturated heterocycles. The van der Waals surface area contributed by atoms with E-state index in [1.165, 1.54) is 21.9 Å². The molecule has 0 atom stereocenters. The summed E-state index contributed by atoms with van der Waals surface area (Å²) >= 11 is 0. The zero-order chi connectivity index (χ0) is 36.5. The Bertz CT molecular complexity index is 2210. The number of fused-ring (bicyclic) bond motifs is 2. The molecule has 7 aromatic carbocycles. The van der Waals surface area contributed by atoms with Crippen LogP contribution in [0, 0.1) is 13.8 Å². The predicted molar refractivity (Wildman–Crippen MR) is 233 cm³/mol. The van der Waals surface area contributed by atoms with Crippen LogP contribution in [0.15, 0.2) is 147 Å². The van der Waals surface area contributed by atoms with Gasteiger partial charge in [-0.1, -0.05) is 129 Å². The Labute approximate surface area is 311 Å². The zero-order valence-corrected chi connectivity index (χ0v) is 32.5. The topological polar surface area (TPSA) is 6.48 Å². The number of aryl methyl sites for hydroxylation is 2. The molecule has 52 heavy (non-hydrogen) atoms. The number of hydrogen-bond donors (Lipinski definition) is 0. The van der Waals surface area contributed by atoms with Crippen LogP contribution in [0.1, 0.15) is 47.6 Å². The van der Waals surface area contributed by atoms with E-state index in [1.807, 2.05) is 12.2 Å². The largest absolute Gasteiger partial charge is 0.310 e. The summed E-state index contributed by atoms with van der Waals surface area (Å²) in [4.78, 5) is 4.71. The Hall–Kier alpha value is -5.64. The van der Waals surface area contributed by atoms with Gasteiger partial charge in [-0.15, -0.1) is 0 Å². The first-order chi connectivity index (χ1) is 25.2. The van der Waals surface area contributed by atoms with E-state index >= 15 is 0 Å². The molecule has 0 aliphatic rings. The molecule has 0 radical (unpaired) electrons. The van der Waals surface area contributed by atoms with Crippen LogP contribution in [-0.4, -0.2) is 8.80 Å². The molecule has 2 nitrogen and oxygen atoms in total. The number of rotatable bonds is 10. The lowest BCUT2D eigenvalue weighted by molar-refractivity contribution is 0.866. The monoisotopic (exact) mass is 692 g/mol. The molecule has 0 amide bonds. The summed E-state index contributed by atoms with van der Waals surface area (Å²) in [6.45, 7) is 22.2. The van der Waals surface area contributed by atoms with E-state index < -0.39 is 8.80 Å². The van der Waals surface area contributed by atoms with Crippen LogP contribution < -0.4 is 15.0 Å². The SMILES string of the molecule is C=Cc1c2ccc(N(c3ccc(C)cc3)c3ccc([SiH](C)C)cc3)cc2c(C=C)c2ccc(N(c3ccc(C)cc3)c3ccc(C(C)C)cc3)cc12. The maximum Gasteiger partial charge on any atom is 0.0647 e. The van der Waals surface area contributed by atoms with Crippen LogP contribution in [0.25, 0.3) is 33.7 Å². The van der Waals surface area contributed by atoms with Crippen molar-refractivity contribution in [2.75, 3.05) is 9.80 Å². The highest BCUT2D eigenvalue weighted by molar-refractivity contribution is 6.70. The van der Waals surface area contributed by atoms with E-state index in [2.05, 4.69) is 197 Å². The van der Waals surface area contributed by atoms with Crippen LogP contribution in [0.3, 0.4) is 0 Å². The molecule has 0 aromatic heterocycles. The summed E-state index contributed by atoms with van der Waals surface area (Å²) in [5, 5.41) is 6.10. The van der Waals surface area contributed by atoms with Crippen molar-refractivity contribution >= 4 is 81.8 Å². The molecule has 0 heterocycles. The van der Waals surface area contributed by atoms with E-state index in [0.717, 1.165) is 66.8 Å². The van der Waals surface area contributed by atoms with Crippen molar-refractivity contribution in [3.8, 4) is 0 Å². The van der Waals surface area contributed by atoms with Gasteiger partial charge in [0.15, 0.2) is 0 Å².